The van der Waals surface area contributed by atoms with Gasteiger partial charge in [-0.15, -0.1) is 0 Å². The van der Waals surface area contributed by atoms with E-state index in [1.54, 1.807) is 6.07 Å². The number of nitrogens with two attached hydrogens (primary N) is 1. The first-order valence-electron chi connectivity index (χ1n) is 5.78. The number of nitrogen functional groups attached to an aromatic ring is 1. The molecule has 0 spiro atoms. The molecule has 2 N–H and O–H groups in total. The fourth-order valence-electron chi connectivity index (χ4n) is 1.82. The molecule has 0 saturated heterocycles. The van der Waals surface area contributed by atoms with E-state index in [4.69, 9.17) is 11.0 Å². The molecular weight excluding hydrogens is 198 g/mol. The van der Waals surface area contributed by atoms with E-state index >= 15 is 0 Å². The largest absolute Gasteiger partial charge is 0.396 e. The van der Waals surface area contributed by atoms with Crippen LogP contribution in [0.25, 0.3) is 0 Å². The number of hydrogen-bond donors (Lipinski definition) is 1. The van der Waals surface area contributed by atoms with Crippen LogP contribution in [-0.4, -0.2) is 13.1 Å². The Balaban J connectivity index is 3.04. The molecule has 0 fully saturated rings. The molecule has 1 aromatic carbocycles. The van der Waals surface area contributed by atoms with E-state index < -0.39 is 0 Å². The van der Waals surface area contributed by atoms with Gasteiger partial charge in [-0.05, 0) is 25.0 Å². The van der Waals surface area contributed by atoms with Crippen LogP contribution in [0.5, 0.6) is 0 Å². The SMILES string of the molecule is CCCN(CCC)c1cccc(C#N)c1N. The van der Waals surface area contributed by atoms with Crippen molar-refractivity contribution in [2.45, 2.75) is 26.7 Å². The molecule has 3 heteroatoms. The van der Waals surface area contributed by atoms with Gasteiger partial charge in [0.15, 0.2) is 0 Å². The van der Waals surface area contributed by atoms with Crippen molar-refractivity contribution in [2.75, 3.05) is 23.7 Å². The van der Waals surface area contributed by atoms with Gasteiger partial charge in [-0.1, -0.05) is 19.9 Å². The van der Waals surface area contributed by atoms with E-state index in [1.807, 2.05) is 12.1 Å². The normalized spacial score (nSPS) is 9.81. The monoisotopic (exact) mass is 217 g/mol. The predicted molar refractivity (Wildman–Crippen MR) is 68.4 cm³/mol. The van der Waals surface area contributed by atoms with Crippen LogP contribution in [-0.2, 0) is 0 Å². The number of anilines is 2. The summed E-state index contributed by atoms with van der Waals surface area (Å²) in [5, 5.41) is 8.94. The summed E-state index contributed by atoms with van der Waals surface area (Å²) in [5.41, 5.74) is 8.15. The van der Waals surface area contributed by atoms with Gasteiger partial charge in [0.2, 0.25) is 0 Å². The minimum atomic E-state index is 0.565. The average molecular weight is 217 g/mol. The summed E-state index contributed by atoms with van der Waals surface area (Å²) >= 11 is 0. The van der Waals surface area contributed by atoms with Crippen LogP contribution in [0, 0.1) is 11.3 Å². The van der Waals surface area contributed by atoms with Crippen molar-refractivity contribution in [1.82, 2.24) is 0 Å². The van der Waals surface area contributed by atoms with Crippen LogP contribution < -0.4 is 10.6 Å². The molecule has 0 aliphatic rings. The molecule has 0 aliphatic carbocycles. The molecule has 1 aromatic rings. The van der Waals surface area contributed by atoms with Gasteiger partial charge < -0.3 is 10.6 Å². The average Bonchev–Trinajstić information content (AvgIpc) is 2.29. The molecule has 16 heavy (non-hydrogen) atoms. The molecule has 0 atom stereocenters. The zero-order valence-electron chi connectivity index (χ0n) is 10.0. The third-order valence-corrected chi connectivity index (χ3v) is 2.53. The lowest BCUT2D eigenvalue weighted by atomic mass is 10.1. The molecule has 0 amide bonds. The molecule has 0 saturated carbocycles. The number of benzene rings is 1. The highest BCUT2D eigenvalue weighted by Crippen LogP contribution is 2.26. The standard InChI is InChI=1S/C13H19N3/c1-3-8-16(9-4-2)12-7-5-6-11(10-14)13(12)15/h5-7H,3-4,8-9,15H2,1-2H3. The molecule has 0 unspecified atom stereocenters. The van der Waals surface area contributed by atoms with Crippen molar-refractivity contribution in [3.05, 3.63) is 23.8 Å². The maximum absolute atomic E-state index is 8.94. The van der Waals surface area contributed by atoms with Gasteiger partial charge in [0.25, 0.3) is 0 Å². The van der Waals surface area contributed by atoms with Crippen LogP contribution in [0.3, 0.4) is 0 Å². The van der Waals surface area contributed by atoms with Crippen LogP contribution >= 0.6 is 0 Å². The molecule has 86 valence electrons. The Morgan fingerprint density at radius 1 is 1.25 bits per heavy atom. The number of nitriles is 1. The molecule has 3 nitrogen and oxygen atoms in total. The Labute approximate surface area is 97.5 Å². The first-order valence-corrected chi connectivity index (χ1v) is 5.78. The zero-order chi connectivity index (χ0) is 12.0. The number of para-hydroxylation sites is 1. The molecule has 0 heterocycles. The third-order valence-electron chi connectivity index (χ3n) is 2.53. The summed E-state index contributed by atoms with van der Waals surface area (Å²) < 4.78 is 0. The van der Waals surface area contributed by atoms with Crippen molar-refractivity contribution in [2.24, 2.45) is 0 Å². The van der Waals surface area contributed by atoms with Crippen molar-refractivity contribution in [3.63, 3.8) is 0 Å². The molecule has 0 aliphatic heterocycles. The second-order valence-electron chi connectivity index (χ2n) is 3.84. The maximum Gasteiger partial charge on any atom is 0.101 e. The highest BCUT2D eigenvalue weighted by molar-refractivity contribution is 5.73. The molecule has 0 radical (unpaired) electrons. The minimum Gasteiger partial charge on any atom is -0.396 e. The summed E-state index contributed by atoms with van der Waals surface area (Å²) in [6.07, 6.45) is 2.16. The smallest absolute Gasteiger partial charge is 0.101 e. The Hall–Kier alpha value is -1.69. The summed E-state index contributed by atoms with van der Waals surface area (Å²) in [6, 6.07) is 7.76. The number of nitrogens with zero attached hydrogens (tertiary/aromatic N) is 2. The molecular formula is C13H19N3. The van der Waals surface area contributed by atoms with E-state index in [2.05, 4.69) is 24.8 Å². The van der Waals surface area contributed by atoms with Crippen LogP contribution in [0.1, 0.15) is 32.3 Å². The van der Waals surface area contributed by atoms with Gasteiger partial charge in [-0.3, -0.25) is 0 Å². The number of hydrogen-bond acceptors (Lipinski definition) is 3. The molecule has 0 aromatic heterocycles. The van der Waals surface area contributed by atoms with Crippen molar-refractivity contribution >= 4 is 11.4 Å². The van der Waals surface area contributed by atoms with E-state index in [0.717, 1.165) is 31.6 Å². The Morgan fingerprint density at radius 2 is 1.88 bits per heavy atom. The minimum absolute atomic E-state index is 0.565. The van der Waals surface area contributed by atoms with Crippen LogP contribution in [0.4, 0.5) is 11.4 Å². The van der Waals surface area contributed by atoms with E-state index in [1.165, 1.54) is 0 Å². The van der Waals surface area contributed by atoms with Crippen LogP contribution in [0.15, 0.2) is 18.2 Å². The number of rotatable bonds is 5. The van der Waals surface area contributed by atoms with Crippen LogP contribution in [0.2, 0.25) is 0 Å². The van der Waals surface area contributed by atoms with E-state index in [-0.39, 0.29) is 0 Å². The quantitative estimate of drug-likeness (QED) is 0.771. The Kier molecular flexibility index (Phi) is 4.65. The lowest BCUT2D eigenvalue weighted by Gasteiger charge is -2.25. The summed E-state index contributed by atoms with van der Waals surface area (Å²) in [7, 11) is 0. The van der Waals surface area contributed by atoms with Gasteiger partial charge in [0, 0.05) is 13.1 Å². The van der Waals surface area contributed by atoms with Crippen molar-refractivity contribution in [1.29, 1.82) is 5.26 Å². The Morgan fingerprint density at radius 3 is 2.38 bits per heavy atom. The van der Waals surface area contributed by atoms with Crippen molar-refractivity contribution < 1.29 is 0 Å². The van der Waals surface area contributed by atoms with Gasteiger partial charge in [-0.2, -0.15) is 5.26 Å². The van der Waals surface area contributed by atoms with Gasteiger partial charge >= 0.3 is 0 Å². The van der Waals surface area contributed by atoms with Crippen molar-refractivity contribution in [3.8, 4) is 6.07 Å². The summed E-state index contributed by atoms with van der Waals surface area (Å²) in [6.45, 7) is 6.25. The molecule has 0 bridgehead atoms. The van der Waals surface area contributed by atoms with Gasteiger partial charge in [-0.25, -0.2) is 0 Å². The predicted octanol–water partition coefficient (Wildman–Crippen LogP) is 2.77. The van der Waals surface area contributed by atoms with E-state index in [9.17, 15) is 0 Å². The zero-order valence-corrected chi connectivity index (χ0v) is 10.0. The fraction of sp³-hybridized carbons (Fsp3) is 0.462. The van der Waals surface area contributed by atoms with Gasteiger partial charge in [0.05, 0.1) is 16.9 Å². The second-order valence-corrected chi connectivity index (χ2v) is 3.84. The summed E-state index contributed by atoms with van der Waals surface area (Å²) in [4.78, 5) is 2.25. The highest BCUT2D eigenvalue weighted by atomic mass is 15.1. The lowest BCUT2D eigenvalue weighted by molar-refractivity contribution is 0.746. The fourth-order valence-corrected chi connectivity index (χ4v) is 1.82. The third kappa shape index (κ3) is 2.66. The van der Waals surface area contributed by atoms with Gasteiger partial charge in [0.1, 0.15) is 6.07 Å². The topological polar surface area (TPSA) is 53.0 Å². The molecule has 1 rings (SSSR count). The second kappa shape index (κ2) is 6.02. The highest BCUT2D eigenvalue weighted by Gasteiger charge is 2.10. The first kappa shape index (κ1) is 12.4. The Bertz CT molecular complexity index is 373. The van der Waals surface area contributed by atoms with E-state index in [0.29, 0.717) is 11.3 Å². The maximum atomic E-state index is 8.94. The summed E-state index contributed by atoms with van der Waals surface area (Å²) in [5.74, 6) is 0. The lowest BCUT2D eigenvalue weighted by Crippen LogP contribution is -2.25. The first-order chi connectivity index (χ1) is 7.74.